The topological polar surface area (TPSA) is 34.1 Å². The molecule has 2 rings (SSSR count). The first-order valence-electron chi connectivity index (χ1n) is 5.12. The van der Waals surface area contributed by atoms with Crippen LogP contribution >= 0.6 is 0 Å². The molecule has 0 aliphatic heterocycles. The largest absolute Gasteiger partial charge is 0.286 e. The maximum absolute atomic E-state index is 11.6. The minimum absolute atomic E-state index is 0.416. The van der Waals surface area contributed by atoms with E-state index in [0.29, 0.717) is 12.0 Å². The van der Waals surface area contributed by atoms with E-state index in [2.05, 4.69) is 6.58 Å². The summed E-state index contributed by atoms with van der Waals surface area (Å²) < 4.78 is 0. The van der Waals surface area contributed by atoms with E-state index in [1.165, 1.54) is 6.08 Å². The maximum atomic E-state index is 11.6. The van der Waals surface area contributed by atoms with E-state index in [0.717, 1.165) is 16.7 Å². The van der Waals surface area contributed by atoms with Gasteiger partial charge in [0.05, 0.1) is 0 Å². The summed E-state index contributed by atoms with van der Waals surface area (Å²) in [5, 5.41) is 0. The predicted octanol–water partition coefficient (Wildman–Crippen LogP) is 2.80. The molecule has 0 spiro atoms. The summed E-state index contributed by atoms with van der Waals surface area (Å²) in [4.78, 5) is 23.1. The Balaban J connectivity index is 2.55. The number of fused-ring (bicyclic) bond motifs is 1. The van der Waals surface area contributed by atoms with Crippen LogP contribution in [0, 0.1) is 0 Å². The molecule has 0 atom stereocenters. The van der Waals surface area contributed by atoms with Crippen molar-refractivity contribution in [3.05, 3.63) is 53.6 Å². The van der Waals surface area contributed by atoms with Gasteiger partial charge in [-0.25, -0.2) is 0 Å². The SMILES string of the molecule is C=C(C)CC1=CC(=O)C(=O)c2ccccc21. The van der Waals surface area contributed by atoms with Crippen LogP contribution < -0.4 is 0 Å². The lowest BCUT2D eigenvalue weighted by atomic mass is 9.86. The van der Waals surface area contributed by atoms with Crippen molar-refractivity contribution in [3.63, 3.8) is 0 Å². The molecule has 1 aromatic rings. The standard InChI is InChI=1S/C14H12O2/c1-9(2)7-10-8-13(15)14(16)12-6-4-3-5-11(10)12/h3-6,8H,1,7H2,2H3. The third-order valence-corrected chi connectivity index (χ3v) is 2.54. The predicted molar refractivity (Wildman–Crippen MR) is 63.2 cm³/mol. The second-order valence-corrected chi connectivity index (χ2v) is 4.04. The third kappa shape index (κ3) is 1.74. The van der Waals surface area contributed by atoms with Crippen LogP contribution in [0.25, 0.3) is 5.57 Å². The lowest BCUT2D eigenvalue weighted by Gasteiger charge is -2.15. The smallest absolute Gasteiger partial charge is 0.233 e. The van der Waals surface area contributed by atoms with Gasteiger partial charge in [0.15, 0.2) is 0 Å². The summed E-state index contributed by atoms with van der Waals surface area (Å²) in [6.07, 6.45) is 2.06. The number of hydrogen-bond donors (Lipinski definition) is 0. The van der Waals surface area contributed by atoms with Gasteiger partial charge in [0.2, 0.25) is 11.6 Å². The van der Waals surface area contributed by atoms with Crippen molar-refractivity contribution in [2.45, 2.75) is 13.3 Å². The lowest BCUT2D eigenvalue weighted by Crippen LogP contribution is -2.18. The molecule has 0 unspecified atom stereocenters. The number of carbonyl (C=O) groups excluding carboxylic acids is 2. The number of carbonyl (C=O) groups is 2. The Morgan fingerprint density at radius 3 is 2.44 bits per heavy atom. The lowest BCUT2D eigenvalue weighted by molar-refractivity contribution is -0.111. The van der Waals surface area contributed by atoms with Crippen LogP contribution in [0.3, 0.4) is 0 Å². The van der Waals surface area contributed by atoms with Gasteiger partial charge in [-0.15, -0.1) is 0 Å². The zero-order valence-corrected chi connectivity index (χ0v) is 9.12. The molecule has 1 aromatic carbocycles. The van der Waals surface area contributed by atoms with Gasteiger partial charge in [0.25, 0.3) is 0 Å². The van der Waals surface area contributed by atoms with Crippen molar-refractivity contribution >= 4 is 17.1 Å². The van der Waals surface area contributed by atoms with Crippen molar-refractivity contribution in [3.8, 4) is 0 Å². The van der Waals surface area contributed by atoms with Gasteiger partial charge in [-0.3, -0.25) is 9.59 Å². The van der Waals surface area contributed by atoms with Gasteiger partial charge in [-0.1, -0.05) is 36.4 Å². The number of ketones is 2. The second kappa shape index (κ2) is 3.89. The van der Waals surface area contributed by atoms with Crippen molar-refractivity contribution in [1.29, 1.82) is 0 Å². The fraction of sp³-hybridized carbons (Fsp3) is 0.143. The maximum Gasteiger partial charge on any atom is 0.233 e. The van der Waals surface area contributed by atoms with Crippen LogP contribution in [0.5, 0.6) is 0 Å². The van der Waals surface area contributed by atoms with Gasteiger partial charge < -0.3 is 0 Å². The highest BCUT2D eigenvalue weighted by molar-refractivity contribution is 6.50. The fourth-order valence-electron chi connectivity index (χ4n) is 1.87. The molecule has 0 N–H and O–H groups in total. The molecular weight excluding hydrogens is 200 g/mol. The summed E-state index contributed by atoms with van der Waals surface area (Å²) in [6, 6.07) is 7.21. The summed E-state index contributed by atoms with van der Waals surface area (Å²) in [5.41, 5.74) is 3.22. The van der Waals surface area contributed by atoms with Gasteiger partial charge >= 0.3 is 0 Å². The Morgan fingerprint density at radius 2 is 1.81 bits per heavy atom. The Bertz CT molecular complexity index is 521. The molecule has 2 heteroatoms. The Labute approximate surface area is 94.3 Å². The minimum Gasteiger partial charge on any atom is -0.286 e. The van der Waals surface area contributed by atoms with E-state index in [9.17, 15) is 9.59 Å². The van der Waals surface area contributed by atoms with E-state index in [-0.39, 0.29) is 0 Å². The molecule has 2 nitrogen and oxygen atoms in total. The van der Waals surface area contributed by atoms with Gasteiger partial charge in [0, 0.05) is 5.56 Å². The van der Waals surface area contributed by atoms with Crippen LogP contribution in [-0.4, -0.2) is 11.6 Å². The molecule has 1 aliphatic carbocycles. The normalized spacial score (nSPS) is 14.4. The number of benzene rings is 1. The van der Waals surface area contributed by atoms with Gasteiger partial charge in [-0.05, 0) is 30.6 Å². The fourth-order valence-corrected chi connectivity index (χ4v) is 1.87. The number of hydrogen-bond acceptors (Lipinski definition) is 2. The van der Waals surface area contributed by atoms with Gasteiger partial charge in [0.1, 0.15) is 0 Å². The van der Waals surface area contributed by atoms with Gasteiger partial charge in [-0.2, -0.15) is 0 Å². The van der Waals surface area contributed by atoms with Crippen LogP contribution in [-0.2, 0) is 4.79 Å². The molecule has 80 valence electrons. The van der Waals surface area contributed by atoms with Crippen LogP contribution in [0.15, 0.2) is 42.5 Å². The van der Waals surface area contributed by atoms with Crippen molar-refractivity contribution in [1.82, 2.24) is 0 Å². The van der Waals surface area contributed by atoms with E-state index in [4.69, 9.17) is 0 Å². The van der Waals surface area contributed by atoms with E-state index in [1.807, 2.05) is 19.1 Å². The summed E-state index contributed by atoms with van der Waals surface area (Å²) in [5.74, 6) is -0.851. The van der Waals surface area contributed by atoms with E-state index < -0.39 is 11.6 Å². The zero-order valence-electron chi connectivity index (χ0n) is 9.12. The van der Waals surface area contributed by atoms with Crippen molar-refractivity contribution in [2.75, 3.05) is 0 Å². The molecule has 0 heterocycles. The van der Waals surface area contributed by atoms with E-state index >= 15 is 0 Å². The van der Waals surface area contributed by atoms with Crippen molar-refractivity contribution < 1.29 is 9.59 Å². The molecule has 1 aliphatic rings. The first-order valence-corrected chi connectivity index (χ1v) is 5.12. The minimum atomic E-state index is -0.435. The molecule has 0 aromatic heterocycles. The summed E-state index contributed by atoms with van der Waals surface area (Å²) in [7, 11) is 0. The van der Waals surface area contributed by atoms with Crippen LogP contribution in [0.2, 0.25) is 0 Å². The zero-order chi connectivity index (χ0) is 11.7. The molecule has 0 bridgehead atoms. The molecule has 0 amide bonds. The summed E-state index contributed by atoms with van der Waals surface area (Å²) >= 11 is 0. The third-order valence-electron chi connectivity index (χ3n) is 2.54. The van der Waals surface area contributed by atoms with Crippen LogP contribution in [0.4, 0.5) is 0 Å². The molecule has 0 saturated carbocycles. The number of allylic oxidation sites excluding steroid dienone is 3. The number of rotatable bonds is 2. The molecule has 0 radical (unpaired) electrons. The highest BCUT2D eigenvalue weighted by atomic mass is 16.2. The van der Waals surface area contributed by atoms with E-state index in [1.54, 1.807) is 12.1 Å². The highest BCUT2D eigenvalue weighted by Crippen LogP contribution is 2.29. The molecule has 0 saturated heterocycles. The van der Waals surface area contributed by atoms with Crippen LogP contribution in [0.1, 0.15) is 29.3 Å². The monoisotopic (exact) mass is 212 g/mol. The quantitative estimate of drug-likeness (QED) is 0.558. The first-order chi connectivity index (χ1) is 7.59. The Morgan fingerprint density at radius 1 is 1.19 bits per heavy atom. The molecule has 16 heavy (non-hydrogen) atoms. The Kier molecular flexibility index (Phi) is 2.57. The summed E-state index contributed by atoms with van der Waals surface area (Å²) in [6.45, 7) is 5.74. The number of Topliss-reactive ketones (excluding diaryl/α,β-unsaturated/α-hetero) is 1. The molecule has 0 fully saturated rings. The first kappa shape index (κ1) is 10.6. The molecular formula is C14H12O2. The van der Waals surface area contributed by atoms with Crippen molar-refractivity contribution in [2.24, 2.45) is 0 Å². The highest BCUT2D eigenvalue weighted by Gasteiger charge is 2.24. The second-order valence-electron chi connectivity index (χ2n) is 4.04. The Hall–Kier alpha value is -1.96. The average molecular weight is 212 g/mol. The average Bonchev–Trinajstić information content (AvgIpc) is 2.25.